The summed E-state index contributed by atoms with van der Waals surface area (Å²) in [5.74, 6) is -1.04. The number of carbonyl (C=O) groups excluding carboxylic acids is 2. The summed E-state index contributed by atoms with van der Waals surface area (Å²) in [6.07, 6.45) is -0.106. The van der Waals surface area contributed by atoms with Crippen molar-refractivity contribution in [2.75, 3.05) is 19.6 Å². The zero-order valence-electron chi connectivity index (χ0n) is 20.3. The van der Waals surface area contributed by atoms with Gasteiger partial charge in [-0.15, -0.1) is 0 Å². The smallest absolute Gasteiger partial charge is 0.410 e. The molecule has 0 aliphatic carbocycles. The first-order valence-corrected chi connectivity index (χ1v) is 11.6. The van der Waals surface area contributed by atoms with Gasteiger partial charge in [0.2, 0.25) is 0 Å². The first-order chi connectivity index (χ1) is 16.5. The average molecular weight is 481 g/mol. The summed E-state index contributed by atoms with van der Waals surface area (Å²) in [5.41, 5.74) is 0.402. The summed E-state index contributed by atoms with van der Waals surface area (Å²) in [5, 5.41) is 7.90. The van der Waals surface area contributed by atoms with E-state index in [1.165, 1.54) is 12.1 Å². The van der Waals surface area contributed by atoms with E-state index in [2.05, 4.69) is 10.2 Å². The standard InChI is InChI=1S/C26H29FN4O4/c1-16-15-30(25(34)35-26(2,3)4)11-12-31(16)24(33)20-13-17(9-10-21(20)27)14-22-18-7-5-6-8-19(18)23(32)29-28-22/h5-10,13,16H,11-12,14-15H2,1-4H3,(H,29,32)/t16-/m0/s1. The zero-order valence-corrected chi connectivity index (χ0v) is 20.3. The number of aromatic amines is 1. The molecule has 0 radical (unpaired) electrons. The number of rotatable bonds is 3. The number of fused-ring (bicyclic) bond motifs is 1. The molecule has 1 fully saturated rings. The van der Waals surface area contributed by atoms with Crippen LogP contribution in [0.15, 0.2) is 47.3 Å². The Morgan fingerprint density at radius 1 is 1.14 bits per heavy atom. The van der Waals surface area contributed by atoms with Gasteiger partial charge in [0, 0.05) is 37.5 Å². The molecule has 1 saturated heterocycles. The van der Waals surface area contributed by atoms with Crippen LogP contribution in [-0.4, -0.2) is 63.3 Å². The van der Waals surface area contributed by atoms with Crippen molar-refractivity contribution in [2.24, 2.45) is 0 Å². The minimum Gasteiger partial charge on any atom is -0.444 e. The second-order valence-electron chi connectivity index (χ2n) is 9.81. The number of ether oxygens (including phenoxy) is 1. The largest absolute Gasteiger partial charge is 0.444 e. The maximum Gasteiger partial charge on any atom is 0.410 e. The molecule has 3 aromatic rings. The highest BCUT2D eigenvalue weighted by Gasteiger charge is 2.33. The van der Waals surface area contributed by atoms with Gasteiger partial charge in [0.25, 0.3) is 11.5 Å². The molecule has 0 bridgehead atoms. The molecule has 0 spiro atoms. The second-order valence-corrected chi connectivity index (χ2v) is 9.81. The summed E-state index contributed by atoms with van der Waals surface area (Å²) < 4.78 is 20.2. The van der Waals surface area contributed by atoms with Gasteiger partial charge in [-0.05, 0) is 51.5 Å². The third-order valence-corrected chi connectivity index (χ3v) is 5.95. The van der Waals surface area contributed by atoms with Gasteiger partial charge in [-0.25, -0.2) is 14.3 Å². The topological polar surface area (TPSA) is 95.6 Å². The number of benzene rings is 2. The molecule has 8 nitrogen and oxygen atoms in total. The van der Waals surface area contributed by atoms with E-state index in [0.717, 1.165) is 0 Å². The highest BCUT2D eigenvalue weighted by molar-refractivity contribution is 5.95. The van der Waals surface area contributed by atoms with E-state index in [0.29, 0.717) is 41.5 Å². The Labute approximate surface area is 202 Å². The third-order valence-electron chi connectivity index (χ3n) is 5.95. The van der Waals surface area contributed by atoms with Gasteiger partial charge in [0.1, 0.15) is 11.4 Å². The van der Waals surface area contributed by atoms with E-state index in [1.54, 1.807) is 48.8 Å². The molecule has 4 rings (SSSR count). The lowest BCUT2D eigenvalue weighted by Gasteiger charge is -2.40. The van der Waals surface area contributed by atoms with Crippen LogP contribution in [-0.2, 0) is 11.2 Å². The predicted molar refractivity (Wildman–Crippen MR) is 130 cm³/mol. The first kappa shape index (κ1) is 24.4. The second kappa shape index (κ2) is 9.48. The number of halogens is 1. The average Bonchev–Trinajstić information content (AvgIpc) is 2.80. The molecular formula is C26H29FN4O4. The van der Waals surface area contributed by atoms with Crippen LogP contribution in [0, 0.1) is 5.82 Å². The van der Waals surface area contributed by atoms with Gasteiger partial charge in [0.05, 0.1) is 16.6 Å². The van der Waals surface area contributed by atoms with Crippen LogP contribution in [0.1, 0.15) is 49.3 Å². The Kier molecular flexibility index (Phi) is 6.60. The molecule has 35 heavy (non-hydrogen) atoms. The lowest BCUT2D eigenvalue weighted by atomic mass is 10.0. The molecule has 9 heteroatoms. The quantitative estimate of drug-likeness (QED) is 0.616. The molecule has 1 aliphatic rings. The lowest BCUT2D eigenvalue weighted by molar-refractivity contribution is 0.00607. The summed E-state index contributed by atoms with van der Waals surface area (Å²) in [6, 6.07) is 11.2. The van der Waals surface area contributed by atoms with Crippen LogP contribution in [0.3, 0.4) is 0 Å². The van der Waals surface area contributed by atoms with Crippen molar-refractivity contribution in [3.8, 4) is 0 Å². The van der Waals surface area contributed by atoms with Gasteiger partial charge < -0.3 is 14.5 Å². The van der Waals surface area contributed by atoms with E-state index in [9.17, 15) is 18.8 Å². The number of hydrogen-bond donors (Lipinski definition) is 1. The van der Waals surface area contributed by atoms with Gasteiger partial charge in [-0.2, -0.15) is 5.10 Å². The van der Waals surface area contributed by atoms with E-state index < -0.39 is 23.4 Å². The van der Waals surface area contributed by atoms with Crippen molar-refractivity contribution in [1.82, 2.24) is 20.0 Å². The maximum absolute atomic E-state index is 14.7. The van der Waals surface area contributed by atoms with Crippen molar-refractivity contribution in [1.29, 1.82) is 0 Å². The van der Waals surface area contributed by atoms with Crippen LogP contribution >= 0.6 is 0 Å². The molecule has 2 aromatic carbocycles. The van der Waals surface area contributed by atoms with Crippen molar-refractivity contribution in [3.63, 3.8) is 0 Å². The molecule has 1 aromatic heterocycles. The number of aromatic nitrogens is 2. The van der Waals surface area contributed by atoms with Gasteiger partial charge in [-0.1, -0.05) is 24.3 Å². The summed E-state index contributed by atoms with van der Waals surface area (Å²) >= 11 is 0. The van der Waals surface area contributed by atoms with E-state index in [-0.39, 0.29) is 23.7 Å². The number of piperazine rings is 1. The van der Waals surface area contributed by atoms with E-state index in [1.807, 2.05) is 19.1 Å². The third kappa shape index (κ3) is 5.34. The van der Waals surface area contributed by atoms with Gasteiger partial charge >= 0.3 is 6.09 Å². The fourth-order valence-electron chi connectivity index (χ4n) is 4.25. The Balaban J connectivity index is 1.53. The SMILES string of the molecule is C[C@H]1CN(C(=O)OC(C)(C)C)CCN1C(=O)c1cc(Cc2n[nH]c(=O)c3ccccc23)ccc1F. The highest BCUT2D eigenvalue weighted by atomic mass is 19.1. The molecule has 0 saturated carbocycles. The van der Waals surface area contributed by atoms with Crippen molar-refractivity contribution < 1.29 is 18.7 Å². The Hall–Kier alpha value is -3.75. The Morgan fingerprint density at radius 3 is 2.54 bits per heavy atom. The maximum atomic E-state index is 14.7. The summed E-state index contributed by atoms with van der Waals surface area (Å²) in [7, 11) is 0. The monoisotopic (exact) mass is 480 g/mol. The Morgan fingerprint density at radius 2 is 1.86 bits per heavy atom. The summed E-state index contributed by atoms with van der Waals surface area (Å²) in [6.45, 7) is 8.11. The van der Waals surface area contributed by atoms with Gasteiger partial charge in [-0.3, -0.25) is 9.59 Å². The number of amides is 2. The fraction of sp³-hybridized carbons (Fsp3) is 0.385. The number of nitrogens with one attached hydrogen (secondary N) is 1. The number of hydrogen-bond acceptors (Lipinski definition) is 5. The van der Waals surface area contributed by atoms with Crippen LogP contribution in [0.5, 0.6) is 0 Å². The molecule has 184 valence electrons. The number of nitrogens with zero attached hydrogens (tertiary/aromatic N) is 3. The molecule has 1 N–H and O–H groups in total. The normalized spacial score (nSPS) is 16.4. The number of carbonyl (C=O) groups is 2. The van der Waals surface area contributed by atoms with Crippen molar-refractivity contribution in [2.45, 2.75) is 45.8 Å². The van der Waals surface area contributed by atoms with E-state index >= 15 is 0 Å². The molecule has 0 unspecified atom stereocenters. The van der Waals surface area contributed by atoms with Gasteiger partial charge in [0.15, 0.2) is 0 Å². The van der Waals surface area contributed by atoms with E-state index in [4.69, 9.17) is 4.74 Å². The fourth-order valence-corrected chi connectivity index (χ4v) is 4.25. The Bertz CT molecular complexity index is 1330. The minimum atomic E-state index is -0.611. The van der Waals surface area contributed by atoms with Crippen LogP contribution in [0.2, 0.25) is 0 Å². The number of H-pyrrole nitrogens is 1. The molecule has 2 amide bonds. The molecule has 1 aliphatic heterocycles. The summed E-state index contributed by atoms with van der Waals surface area (Å²) in [4.78, 5) is 40.9. The zero-order chi connectivity index (χ0) is 25.3. The minimum absolute atomic E-state index is 0.0335. The predicted octanol–water partition coefficient (Wildman–Crippen LogP) is 3.73. The lowest BCUT2D eigenvalue weighted by Crippen LogP contribution is -2.56. The first-order valence-electron chi connectivity index (χ1n) is 11.6. The molecular weight excluding hydrogens is 451 g/mol. The highest BCUT2D eigenvalue weighted by Crippen LogP contribution is 2.22. The molecule has 1 atom stereocenters. The van der Waals surface area contributed by atoms with Crippen LogP contribution in [0.25, 0.3) is 10.8 Å². The van der Waals surface area contributed by atoms with Crippen LogP contribution in [0.4, 0.5) is 9.18 Å². The van der Waals surface area contributed by atoms with Crippen molar-refractivity contribution >= 4 is 22.8 Å². The van der Waals surface area contributed by atoms with Crippen molar-refractivity contribution in [3.05, 3.63) is 75.5 Å². The molecule has 2 heterocycles. The van der Waals surface area contributed by atoms with Crippen LogP contribution < -0.4 is 5.56 Å².